The molecule has 1 aliphatic carbocycles. The minimum Gasteiger partial charge on any atom is -0.507 e. The molecule has 1 aromatic carbocycles. The van der Waals surface area contributed by atoms with Crippen molar-refractivity contribution in [1.29, 1.82) is 0 Å². The molecule has 146 valence electrons. The van der Waals surface area contributed by atoms with Crippen LogP contribution in [0.25, 0.3) is 0 Å². The molecule has 1 aliphatic heterocycles. The average Bonchev–Trinajstić information content (AvgIpc) is 2.61. The smallest absolute Gasteiger partial charge is 0.345 e. The zero-order valence-corrected chi connectivity index (χ0v) is 16.6. The molecule has 2 unspecified atom stereocenters. The van der Waals surface area contributed by atoms with E-state index in [1.54, 1.807) is 6.07 Å². The van der Waals surface area contributed by atoms with Crippen LogP contribution in [-0.2, 0) is 11.2 Å². The topological polar surface area (TPSA) is 55.8 Å². The second-order valence-corrected chi connectivity index (χ2v) is 7.85. The molecule has 1 N–H and O–H groups in total. The Labute approximate surface area is 161 Å². The van der Waals surface area contributed by atoms with Gasteiger partial charge in [-0.1, -0.05) is 43.6 Å². The summed E-state index contributed by atoms with van der Waals surface area (Å²) in [5.41, 5.74) is 4.38. The van der Waals surface area contributed by atoms with Gasteiger partial charge in [0.05, 0.1) is 0 Å². The van der Waals surface area contributed by atoms with Crippen LogP contribution in [0.2, 0.25) is 0 Å². The normalized spacial score (nSPS) is 21.7. The Kier molecular flexibility index (Phi) is 5.93. The Morgan fingerprint density at radius 2 is 2.11 bits per heavy atom. The number of phenols is 1. The number of rotatable bonds is 6. The third kappa shape index (κ3) is 3.90. The molecule has 27 heavy (non-hydrogen) atoms. The predicted octanol–water partition coefficient (Wildman–Crippen LogP) is 5.65. The molecule has 1 aromatic rings. The SMILES string of the molecule is C=C(C)C1CCC(C)=CC1c1c(O)cc(CCCCC)c2c1OCOC2=O. The zero-order valence-electron chi connectivity index (χ0n) is 16.6. The lowest BCUT2D eigenvalue weighted by Gasteiger charge is -2.33. The first kappa shape index (κ1) is 19.5. The van der Waals surface area contributed by atoms with Crippen LogP contribution in [0.5, 0.6) is 11.5 Å². The Hall–Kier alpha value is -2.23. The standard InChI is InChI=1S/C23H30O4/c1-5-6-7-8-16-12-19(24)21(22-20(16)23(25)27-13-26-22)18-11-15(4)9-10-17(18)14(2)3/h11-12,17-18,24H,2,5-10,13H2,1,3-4H3. The Morgan fingerprint density at radius 1 is 1.33 bits per heavy atom. The highest BCUT2D eigenvalue weighted by Crippen LogP contribution is 2.49. The van der Waals surface area contributed by atoms with Crippen molar-refractivity contribution in [1.82, 2.24) is 0 Å². The van der Waals surface area contributed by atoms with Crippen LogP contribution in [0.3, 0.4) is 0 Å². The number of fused-ring (bicyclic) bond motifs is 1. The lowest BCUT2D eigenvalue weighted by atomic mass is 9.73. The molecule has 0 bridgehead atoms. The van der Waals surface area contributed by atoms with Crippen LogP contribution in [0, 0.1) is 5.92 Å². The third-order valence-electron chi connectivity index (χ3n) is 5.74. The molecule has 2 aliphatic rings. The highest BCUT2D eigenvalue weighted by atomic mass is 16.7. The molecule has 0 saturated carbocycles. The maximum atomic E-state index is 12.5. The highest BCUT2D eigenvalue weighted by Gasteiger charge is 2.35. The van der Waals surface area contributed by atoms with Crippen LogP contribution in [0.1, 0.15) is 80.3 Å². The maximum Gasteiger partial charge on any atom is 0.345 e. The molecule has 1 heterocycles. The van der Waals surface area contributed by atoms with Gasteiger partial charge in [-0.15, -0.1) is 0 Å². The molecule has 2 atom stereocenters. The Balaban J connectivity index is 2.13. The summed E-state index contributed by atoms with van der Waals surface area (Å²) in [6.45, 7) is 10.3. The molecule has 4 nitrogen and oxygen atoms in total. The van der Waals surface area contributed by atoms with Gasteiger partial charge in [-0.25, -0.2) is 4.79 Å². The number of esters is 1. The third-order valence-corrected chi connectivity index (χ3v) is 5.74. The van der Waals surface area contributed by atoms with Crippen LogP contribution < -0.4 is 4.74 Å². The average molecular weight is 370 g/mol. The van der Waals surface area contributed by atoms with E-state index in [-0.39, 0.29) is 30.3 Å². The molecule has 0 saturated heterocycles. The molecule has 0 spiro atoms. The number of ether oxygens (including phenoxy) is 2. The summed E-state index contributed by atoms with van der Waals surface area (Å²) in [5, 5.41) is 10.9. The largest absolute Gasteiger partial charge is 0.507 e. The van der Waals surface area contributed by atoms with Crippen molar-refractivity contribution < 1.29 is 19.4 Å². The lowest BCUT2D eigenvalue weighted by Crippen LogP contribution is -2.24. The number of aryl methyl sites for hydroxylation is 1. The number of aromatic hydroxyl groups is 1. The summed E-state index contributed by atoms with van der Waals surface area (Å²) in [7, 11) is 0. The van der Waals surface area contributed by atoms with E-state index >= 15 is 0 Å². The molecule has 0 aromatic heterocycles. The predicted molar refractivity (Wildman–Crippen MR) is 106 cm³/mol. The van der Waals surface area contributed by atoms with Gasteiger partial charge in [-0.05, 0) is 57.1 Å². The summed E-state index contributed by atoms with van der Waals surface area (Å²) in [4.78, 5) is 12.5. The fourth-order valence-electron chi connectivity index (χ4n) is 4.29. The molecule has 0 amide bonds. The number of benzene rings is 1. The Bertz CT molecular complexity index is 775. The van der Waals surface area contributed by atoms with Gasteiger partial charge in [0.2, 0.25) is 6.79 Å². The number of cyclic esters (lactones) is 1. The molecular formula is C23H30O4. The van der Waals surface area contributed by atoms with Gasteiger partial charge in [0.1, 0.15) is 17.1 Å². The molecule has 0 radical (unpaired) electrons. The Morgan fingerprint density at radius 3 is 2.81 bits per heavy atom. The van der Waals surface area contributed by atoms with Gasteiger partial charge in [0.15, 0.2) is 0 Å². The van der Waals surface area contributed by atoms with Crippen molar-refractivity contribution in [3.05, 3.63) is 46.6 Å². The van der Waals surface area contributed by atoms with E-state index in [0.29, 0.717) is 16.9 Å². The van der Waals surface area contributed by atoms with Crippen molar-refractivity contribution in [2.24, 2.45) is 5.92 Å². The van der Waals surface area contributed by atoms with Crippen molar-refractivity contribution in [3.8, 4) is 11.5 Å². The van der Waals surface area contributed by atoms with Crippen LogP contribution in [0.4, 0.5) is 0 Å². The first-order valence-electron chi connectivity index (χ1n) is 9.95. The number of carbonyl (C=O) groups excluding carboxylic acids is 1. The second-order valence-electron chi connectivity index (χ2n) is 7.85. The highest BCUT2D eigenvalue weighted by molar-refractivity contribution is 5.96. The minimum absolute atomic E-state index is 0.0411. The zero-order chi connectivity index (χ0) is 19.6. The molecule has 3 rings (SSSR count). The fraction of sp³-hybridized carbons (Fsp3) is 0.522. The number of hydrogen-bond donors (Lipinski definition) is 1. The summed E-state index contributed by atoms with van der Waals surface area (Å²) in [5.74, 6) is 0.529. The summed E-state index contributed by atoms with van der Waals surface area (Å²) in [6, 6.07) is 1.74. The number of hydrogen-bond acceptors (Lipinski definition) is 4. The van der Waals surface area contributed by atoms with E-state index in [2.05, 4.69) is 26.5 Å². The summed E-state index contributed by atoms with van der Waals surface area (Å²) >= 11 is 0. The van der Waals surface area contributed by atoms with Gasteiger partial charge >= 0.3 is 5.97 Å². The van der Waals surface area contributed by atoms with Gasteiger partial charge in [-0.3, -0.25) is 0 Å². The first-order chi connectivity index (χ1) is 12.9. The molecular weight excluding hydrogens is 340 g/mol. The maximum absolute atomic E-state index is 12.5. The van der Waals surface area contributed by atoms with E-state index in [1.165, 1.54) is 5.57 Å². The van der Waals surface area contributed by atoms with E-state index < -0.39 is 0 Å². The van der Waals surface area contributed by atoms with Crippen molar-refractivity contribution in [3.63, 3.8) is 0 Å². The van der Waals surface area contributed by atoms with E-state index in [4.69, 9.17) is 9.47 Å². The van der Waals surface area contributed by atoms with Crippen molar-refractivity contribution >= 4 is 5.97 Å². The quantitative estimate of drug-likeness (QED) is 0.399. The second kappa shape index (κ2) is 8.20. The number of unbranched alkanes of at least 4 members (excludes halogenated alkanes) is 2. The summed E-state index contributed by atoms with van der Waals surface area (Å²) < 4.78 is 11.0. The van der Waals surface area contributed by atoms with Gasteiger partial charge in [-0.2, -0.15) is 0 Å². The van der Waals surface area contributed by atoms with Crippen LogP contribution >= 0.6 is 0 Å². The molecule has 4 heteroatoms. The van der Waals surface area contributed by atoms with E-state index in [0.717, 1.165) is 49.7 Å². The van der Waals surface area contributed by atoms with E-state index in [9.17, 15) is 9.90 Å². The first-order valence-corrected chi connectivity index (χ1v) is 9.95. The molecule has 0 fully saturated rings. The number of carbonyl (C=O) groups is 1. The van der Waals surface area contributed by atoms with Crippen molar-refractivity contribution in [2.45, 2.75) is 65.2 Å². The minimum atomic E-state index is -0.354. The number of phenolic OH excluding ortho intramolecular Hbond substituents is 1. The number of allylic oxidation sites excluding steroid dienone is 3. The fourth-order valence-corrected chi connectivity index (χ4v) is 4.29. The van der Waals surface area contributed by atoms with E-state index in [1.807, 2.05) is 6.92 Å². The van der Waals surface area contributed by atoms with Gasteiger partial charge in [0, 0.05) is 11.5 Å². The van der Waals surface area contributed by atoms with Gasteiger partial charge < -0.3 is 14.6 Å². The van der Waals surface area contributed by atoms with Gasteiger partial charge in [0.25, 0.3) is 0 Å². The monoisotopic (exact) mass is 370 g/mol. The van der Waals surface area contributed by atoms with Crippen LogP contribution in [-0.4, -0.2) is 17.9 Å². The lowest BCUT2D eigenvalue weighted by molar-refractivity contribution is 0.00403. The van der Waals surface area contributed by atoms with Crippen LogP contribution in [0.15, 0.2) is 29.9 Å². The summed E-state index contributed by atoms with van der Waals surface area (Å²) in [6.07, 6.45) is 8.07. The van der Waals surface area contributed by atoms with Crippen molar-refractivity contribution in [2.75, 3.05) is 6.79 Å².